The average molecular weight is 472 g/mol. The van der Waals surface area contributed by atoms with Gasteiger partial charge in [-0.3, -0.25) is 9.79 Å². The molecule has 7 nitrogen and oxygen atoms in total. The van der Waals surface area contributed by atoms with Crippen LogP contribution in [0.25, 0.3) is 0 Å². The second-order valence-corrected chi connectivity index (χ2v) is 5.40. The highest BCUT2D eigenvalue weighted by atomic mass is 127. The number of nitrogens with one attached hydrogen (secondary N) is 3. The smallest absolute Gasteiger partial charge is 0.221 e. The summed E-state index contributed by atoms with van der Waals surface area (Å²) >= 11 is 0. The van der Waals surface area contributed by atoms with E-state index in [1.54, 1.807) is 20.4 Å². The SMILES string of the molecule is CN=C(NCCc1ccco1)NCc1ccc(OC)c(NC(C)=O)c1.I. The highest BCUT2D eigenvalue weighted by Crippen LogP contribution is 2.25. The normalized spacial score (nSPS) is 10.7. The van der Waals surface area contributed by atoms with Gasteiger partial charge in [0, 0.05) is 33.5 Å². The van der Waals surface area contributed by atoms with Crippen molar-refractivity contribution in [2.75, 3.05) is 26.0 Å². The van der Waals surface area contributed by atoms with Crippen molar-refractivity contribution in [3.05, 3.63) is 47.9 Å². The van der Waals surface area contributed by atoms with Crippen LogP contribution in [0.4, 0.5) is 5.69 Å². The maximum Gasteiger partial charge on any atom is 0.221 e. The molecule has 2 rings (SSSR count). The number of hydrogen-bond donors (Lipinski definition) is 3. The molecule has 0 bridgehead atoms. The van der Waals surface area contributed by atoms with Crippen LogP contribution in [-0.2, 0) is 17.8 Å². The number of benzene rings is 1. The van der Waals surface area contributed by atoms with Crippen LogP contribution in [0.3, 0.4) is 0 Å². The van der Waals surface area contributed by atoms with Crippen molar-refractivity contribution in [3.8, 4) is 5.75 Å². The summed E-state index contributed by atoms with van der Waals surface area (Å²) in [5, 5.41) is 9.24. The number of furan rings is 1. The predicted molar refractivity (Wildman–Crippen MR) is 113 cm³/mol. The number of methoxy groups -OCH3 is 1. The first-order chi connectivity index (χ1) is 12.1. The summed E-state index contributed by atoms with van der Waals surface area (Å²) in [6, 6.07) is 9.46. The number of nitrogens with zero attached hydrogens (tertiary/aromatic N) is 1. The van der Waals surface area contributed by atoms with E-state index in [4.69, 9.17) is 9.15 Å². The molecule has 26 heavy (non-hydrogen) atoms. The van der Waals surface area contributed by atoms with E-state index in [0.717, 1.165) is 17.7 Å². The van der Waals surface area contributed by atoms with E-state index >= 15 is 0 Å². The predicted octanol–water partition coefficient (Wildman–Crippen LogP) is 2.77. The molecular weight excluding hydrogens is 447 g/mol. The number of anilines is 1. The third-order valence-electron chi connectivity index (χ3n) is 3.50. The summed E-state index contributed by atoms with van der Waals surface area (Å²) < 4.78 is 10.6. The number of hydrogen-bond acceptors (Lipinski definition) is 4. The number of aliphatic imine (C=N–C) groups is 1. The van der Waals surface area contributed by atoms with Gasteiger partial charge in [0.05, 0.1) is 19.1 Å². The Kier molecular flexibility index (Phi) is 9.56. The molecule has 0 spiro atoms. The van der Waals surface area contributed by atoms with E-state index in [1.165, 1.54) is 6.92 Å². The molecule has 0 saturated carbocycles. The van der Waals surface area contributed by atoms with E-state index < -0.39 is 0 Å². The molecule has 0 fully saturated rings. The van der Waals surface area contributed by atoms with Gasteiger partial charge in [-0.15, -0.1) is 24.0 Å². The highest BCUT2D eigenvalue weighted by Gasteiger charge is 2.07. The Labute approximate surface area is 170 Å². The molecule has 0 unspecified atom stereocenters. The van der Waals surface area contributed by atoms with Crippen molar-refractivity contribution in [1.29, 1.82) is 0 Å². The maximum atomic E-state index is 11.3. The molecule has 0 aliphatic rings. The van der Waals surface area contributed by atoms with Gasteiger partial charge in [-0.05, 0) is 29.8 Å². The van der Waals surface area contributed by atoms with Crippen molar-refractivity contribution in [3.63, 3.8) is 0 Å². The number of amides is 1. The summed E-state index contributed by atoms with van der Waals surface area (Å²) in [5.74, 6) is 2.11. The average Bonchev–Trinajstić information content (AvgIpc) is 3.11. The fourth-order valence-electron chi connectivity index (χ4n) is 2.32. The van der Waals surface area contributed by atoms with Gasteiger partial charge < -0.3 is 25.1 Å². The van der Waals surface area contributed by atoms with Gasteiger partial charge in [-0.2, -0.15) is 0 Å². The minimum Gasteiger partial charge on any atom is -0.495 e. The standard InChI is InChI=1S/C18H24N4O3.HI/c1-13(23)22-16-11-14(6-7-17(16)24-3)12-21-18(19-2)20-9-8-15-5-4-10-25-15;/h4-7,10-11H,8-9,12H2,1-3H3,(H,22,23)(H2,19,20,21);1H. The van der Waals surface area contributed by atoms with Gasteiger partial charge in [0.15, 0.2) is 5.96 Å². The van der Waals surface area contributed by atoms with E-state index in [0.29, 0.717) is 30.5 Å². The number of halogens is 1. The fraction of sp³-hybridized carbons (Fsp3) is 0.333. The van der Waals surface area contributed by atoms with Crippen LogP contribution < -0.4 is 20.7 Å². The number of carbonyl (C=O) groups is 1. The van der Waals surface area contributed by atoms with Gasteiger partial charge in [0.25, 0.3) is 0 Å². The topological polar surface area (TPSA) is 87.9 Å². The van der Waals surface area contributed by atoms with E-state index in [9.17, 15) is 4.79 Å². The van der Waals surface area contributed by atoms with E-state index in [1.807, 2.05) is 30.3 Å². The zero-order chi connectivity index (χ0) is 18.1. The first-order valence-electron chi connectivity index (χ1n) is 8.03. The summed E-state index contributed by atoms with van der Waals surface area (Å²) in [5.41, 5.74) is 1.65. The van der Waals surface area contributed by atoms with Gasteiger partial charge in [0.1, 0.15) is 11.5 Å². The Morgan fingerprint density at radius 2 is 2.08 bits per heavy atom. The first kappa shape index (κ1) is 21.8. The molecule has 8 heteroatoms. The lowest BCUT2D eigenvalue weighted by atomic mass is 10.2. The van der Waals surface area contributed by atoms with Gasteiger partial charge in [-0.1, -0.05) is 6.07 Å². The molecule has 0 aliphatic carbocycles. The van der Waals surface area contributed by atoms with Gasteiger partial charge in [0.2, 0.25) is 5.91 Å². The molecule has 1 heterocycles. The van der Waals surface area contributed by atoms with Crippen molar-refractivity contribution in [1.82, 2.24) is 10.6 Å². The monoisotopic (exact) mass is 472 g/mol. The Morgan fingerprint density at radius 1 is 1.27 bits per heavy atom. The largest absolute Gasteiger partial charge is 0.495 e. The third-order valence-corrected chi connectivity index (χ3v) is 3.50. The quantitative estimate of drug-likeness (QED) is 0.328. The lowest BCUT2D eigenvalue weighted by molar-refractivity contribution is -0.114. The summed E-state index contributed by atoms with van der Waals surface area (Å²) in [6.45, 7) is 2.75. The molecule has 0 radical (unpaired) electrons. The minimum atomic E-state index is -0.140. The Morgan fingerprint density at radius 3 is 2.69 bits per heavy atom. The van der Waals surface area contributed by atoms with Crippen molar-refractivity contribution in [2.24, 2.45) is 4.99 Å². The third kappa shape index (κ3) is 6.95. The lowest BCUT2D eigenvalue weighted by Gasteiger charge is -2.14. The molecular formula is C18H25IN4O3. The molecule has 1 aromatic carbocycles. The fourth-order valence-corrected chi connectivity index (χ4v) is 2.32. The second kappa shape index (κ2) is 11.4. The van der Waals surface area contributed by atoms with Crippen molar-refractivity contribution < 1.29 is 13.9 Å². The van der Waals surface area contributed by atoms with E-state index in [2.05, 4.69) is 20.9 Å². The molecule has 1 amide bonds. The summed E-state index contributed by atoms with van der Waals surface area (Å²) in [4.78, 5) is 15.5. The second-order valence-electron chi connectivity index (χ2n) is 5.40. The van der Waals surface area contributed by atoms with Crippen LogP contribution in [0.1, 0.15) is 18.2 Å². The number of carbonyl (C=O) groups excluding carboxylic acids is 1. The Balaban J connectivity index is 0.00000338. The van der Waals surface area contributed by atoms with Crippen LogP contribution in [-0.4, -0.2) is 32.6 Å². The highest BCUT2D eigenvalue weighted by molar-refractivity contribution is 14.0. The molecule has 3 N–H and O–H groups in total. The zero-order valence-electron chi connectivity index (χ0n) is 15.2. The van der Waals surface area contributed by atoms with Gasteiger partial charge >= 0.3 is 0 Å². The number of ether oxygens (including phenoxy) is 1. The van der Waals surface area contributed by atoms with Crippen molar-refractivity contribution >= 4 is 41.5 Å². The number of rotatable bonds is 7. The molecule has 0 aliphatic heterocycles. The van der Waals surface area contributed by atoms with E-state index in [-0.39, 0.29) is 29.9 Å². The van der Waals surface area contributed by atoms with Crippen LogP contribution in [0.2, 0.25) is 0 Å². The molecule has 2 aromatic rings. The van der Waals surface area contributed by atoms with Crippen LogP contribution in [0, 0.1) is 0 Å². The summed E-state index contributed by atoms with van der Waals surface area (Å²) in [6.07, 6.45) is 2.45. The minimum absolute atomic E-state index is 0. The van der Waals surface area contributed by atoms with Gasteiger partial charge in [-0.25, -0.2) is 0 Å². The zero-order valence-corrected chi connectivity index (χ0v) is 17.5. The molecule has 1 aromatic heterocycles. The Bertz CT molecular complexity index is 717. The molecule has 0 atom stereocenters. The van der Waals surface area contributed by atoms with Crippen molar-refractivity contribution in [2.45, 2.75) is 19.9 Å². The maximum absolute atomic E-state index is 11.3. The van der Waals surface area contributed by atoms with Crippen LogP contribution >= 0.6 is 24.0 Å². The molecule has 142 valence electrons. The molecule has 0 saturated heterocycles. The first-order valence-corrected chi connectivity index (χ1v) is 8.03. The lowest BCUT2D eigenvalue weighted by Crippen LogP contribution is -2.37. The van der Waals surface area contributed by atoms with Crippen LogP contribution in [0.5, 0.6) is 5.75 Å². The Hall–Kier alpha value is -2.23. The summed E-state index contributed by atoms with van der Waals surface area (Å²) in [7, 11) is 3.29. The number of guanidine groups is 1. The van der Waals surface area contributed by atoms with Crippen LogP contribution in [0.15, 0.2) is 46.0 Å².